The summed E-state index contributed by atoms with van der Waals surface area (Å²) in [7, 11) is 6.20. The van der Waals surface area contributed by atoms with E-state index in [4.69, 9.17) is 0 Å². The molecule has 1 saturated heterocycles. The highest BCUT2D eigenvalue weighted by Crippen LogP contribution is 2.36. The number of benzene rings is 1. The van der Waals surface area contributed by atoms with E-state index in [1.807, 2.05) is 7.05 Å². The van der Waals surface area contributed by atoms with E-state index in [1.54, 1.807) is 0 Å². The lowest BCUT2D eigenvalue weighted by Gasteiger charge is -2.28. The van der Waals surface area contributed by atoms with Crippen LogP contribution in [0.2, 0.25) is 0 Å². The molecule has 0 bridgehead atoms. The Morgan fingerprint density at radius 1 is 1.16 bits per heavy atom. The lowest BCUT2D eigenvalue weighted by atomic mass is 9.82. The van der Waals surface area contributed by atoms with Crippen molar-refractivity contribution < 1.29 is 0 Å². The van der Waals surface area contributed by atoms with E-state index in [2.05, 4.69) is 64.5 Å². The molecule has 1 aliphatic heterocycles. The highest BCUT2D eigenvalue weighted by atomic mass is 127. The van der Waals surface area contributed by atoms with Crippen molar-refractivity contribution in [2.75, 3.05) is 40.8 Å². The van der Waals surface area contributed by atoms with Crippen molar-refractivity contribution in [3.8, 4) is 0 Å². The molecule has 2 fully saturated rings. The van der Waals surface area contributed by atoms with Gasteiger partial charge >= 0.3 is 0 Å². The van der Waals surface area contributed by atoms with Gasteiger partial charge in [-0.2, -0.15) is 0 Å². The molecule has 4 nitrogen and oxygen atoms in total. The van der Waals surface area contributed by atoms with Crippen LogP contribution in [0.1, 0.15) is 37.3 Å². The molecule has 2 aliphatic rings. The third-order valence-electron chi connectivity index (χ3n) is 5.75. The summed E-state index contributed by atoms with van der Waals surface area (Å²) < 4.78 is 0. The van der Waals surface area contributed by atoms with Crippen molar-refractivity contribution in [2.24, 2.45) is 16.8 Å². The maximum atomic E-state index is 4.57. The molecule has 1 saturated carbocycles. The Morgan fingerprint density at radius 3 is 2.28 bits per heavy atom. The van der Waals surface area contributed by atoms with Gasteiger partial charge < -0.3 is 15.1 Å². The molecule has 0 amide bonds. The molecule has 140 valence electrons. The van der Waals surface area contributed by atoms with Gasteiger partial charge in [0.15, 0.2) is 5.96 Å². The Bertz CT molecular complexity index is 532. The van der Waals surface area contributed by atoms with Crippen molar-refractivity contribution in [1.82, 2.24) is 15.1 Å². The van der Waals surface area contributed by atoms with Crippen LogP contribution in [0.15, 0.2) is 35.3 Å². The van der Waals surface area contributed by atoms with Gasteiger partial charge in [0, 0.05) is 26.7 Å². The summed E-state index contributed by atoms with van der Waals surface area (Å²) in [5.41, 5.74) is 1.35. The Morgan fingerprint density at radius 2 is 1.76 bits per heavy atom. The van der Waals surface area contributed by atoms with Crippen molar-refractivity contribution in [1.29, 1.82) is 0 Å². The fourth-order valence-electron chi connectivity index (χ4n) is 4.37. The summed E-state index contributed by atoms with van der Waals surface area (Å²) in [5.74, 6) is 2.85. The van der Waals surface area contributed by atoms with Gasteiger partial charge in [0.2, 0.25) is 0 Å². The Labute approximate surface area is 170 Å². The van der Waals surface area contributed by atoms with E-state index in [0.29, 0.717) is 6.04 Å². The third kappa shape index (κ3) is 5.09. The minimum Gasteiger partial charge on any atom is -0.354 e. The molecule has 0 spiro atoms. The van der Waals surface area contributed by atoms with Crippen molar-refractivity contribution in [3.63, 3.8) is 0 Å². The maximum Gasteiger partial charge on any atom is 0.193 e. The smallest absolute Gasteiger partial charge is 0.193 e. The van der Waals surface area contributed by atoms with Gasteiger partial charge in [0.25, 0.3) is 0 Å². The molecule has 3 unspecified atom stereocenters. The molecule has 3 rings (SSSR count). The summed E-state index contributed by atoms with van der Waals surface area (Å²) in [6.45, 7) is 3.25. The lowest BCUT2D eigenvalue weighted by Crippen LogP contribution is -2.43. The zero-order valence-electron chi connectivity index (χ0n) is 15.8. The van der Waals surface area contributed by atoms with Crippen LogP contribution >= 0.6 is 24.0 Å². The second kappa shape index (κ2) is 9.76. The van der Waals surface area contributed by atoms with Gasteiger partial charge in [0.05, 0.1) is 6.04 Å². The van der Waals surface area contributed by atoms with E-state index in [9.17, 15) is 0 Å². The van der Waals surface area contributed by atoms with Crippen LogP contribution in [0.5, 0.6) is 0 Å². The largest absolute Gasteiger partial charge is 0.354 e. The zero-order chi connectivity index (χ0) is 16.9. The number of rotatable bonds is 4. The van der Waals surface area contributed by atoms with Gasteiger partial charge in [-0.3, -0.25) is 4.99 Å². The lowest BCUT2D eigenvalue weighted by molar-refractivity contribution is 0.295. The molecule has 0 aromatic heterocycles. The van der Waals surface area contributed by atoms with Gasteiger partial charge in [-0.15, -0.1) is 24.0 Å². The van der Waals surface area contributed by atoms with Crippen molar-refractivity contribution >= 4 is 29.9 Å². The molecule has 25 heavy (non-hydrogen) atoms. The van der Waals surface area contributed by atoms with Crippen LogP contribution in [0.4, 0.5) is 0 Å². The second-order valence-corrected chi connectivity index (χ2v) is 7.53. The first-order valence-electron chi connectivity index (χ1n) is 9.36. The monoisotopic (exact) mass is 456 g/mol. The van der Waals surface area contributed by atoms with Crippen LogP contribution < -0.4 is 5.32 Å². The summed E-state index contributed by atoms with van der Waals surface area (Å²) in [6.07, 6.45) is 5.64. The Kier molecular flexibility index (Phi) is 8.00. The number of guanidine groups is 1. The maximum absolute atomic E-state index is 4.57. The van der Waals surface area contributed by atoms with Gasteiger partial charge in [-0.1, -0.05) is 43.2 Å². The quantitative estimate of drug-likeness (QED) is 0.427. The summed E-state index contributed by atoms with van der Waals surface area (Å²) in [6, 6.07) is 11.1. The number of hydrogen-bond acceptors (Lipinski definition) is 2. The summed E-state index contributed by atoms with van der Waals surface area (Å²) in [4.78, 5) is 9.33. The molecule has 1 aromatic carbocycles. The average Bonchev–Trinajstić information content (AvgIpc) is 3.03. The Hall–Kier alpha value is -0.820. The molecular weight excluding hydrogens is 423 g/mol. The van der Waals surface area contributed by atoms with E-state index < -0.39 is 0 Å². The SMILES string of the molecule is CN=C(NCC(c1ccccc1)N(C)C)N1CC2CCCCC2C1.I. The topological polar surface area (TPSA) is 30.9 Å². The molecule has 1 aliphatic carbocycles. The predicted molar refractivity (Wildman–Crippen MR) is 117 cm³/mol. The second-order valence-electron chi connectivity index (χ2n) is 7.53. The number of likely N-dealkylation sites (tertiary alicyclic amines) is 1. The Balaban J connectivity index is 0.00000225. The normalized spacial score (nSPS) is 24.6. The van der Waals surface area contributed by atoms with Crippen LogP contribution in [-0.2, 0) is 0 Å². The van der Waals surface area contributed by atoms with E-state index >= 15 is 0 Å². The number of fused-ring (bicyclic) bond motifs is 1. The van der Waals surface area contributed by atoms with Crippen molar-refractivity contribution in [2.45, 2.75) is 31.7 Å². The molecule has 3 atom stereocenters. The van der Waals surface area contributed by atoms with Crippen LogP contribution in [0.3, 0.4) is 0 Å². The van der Waals surface area contributed by atoms with Gasteiger partial charge in [-0.25, -0.2) is 0 Å². The van der Waals surface area contributed by atoms with E-state index in [0.717, 1.165) is 24.3 Å². The molecule has 5 heteroatoms. The minimum absolute atomic E-state index is 0. The molecule has 1 heterocycles. The number of hydrogen-bond donors (Lipinski definition) is 1. The highest BCUT2D eigenvalue weighted by molar-refractivity contribution is 14.0. The van der Waals surface area contributed by atoms with Gasteiger partial charge in [0.1, 0.15) is 0 Å². The molecule has 1 N–H and O–H groups in total. The van der Waals surface area contributed by atoms with E-state index in [1.165, 1.54) is 44.3 Å². The average molecular weight is 456 g/mol. The number of nitrogens with zero attached hydrogens (tertiary/aromatic N) is 3. The molecule has 0 radical (unpaired) electrons. The van der Waals surface area contributed by atoms with Crippen LogP contribution in [-0.4, -0.2) is 56.5 Å². The molecular formula is C20H33IN4. The number of nitrogens with one attached hydrogen (secondary N) is 1. The van der Waals surface area contributed by atoms with Crippen LogP contribution in [0, 0.1) is 11.8 Å². The van der Waals surface area contributed by atoms with Gasteiger partial charge in [-0.05, 0) is 44.3 Å². The molecule has 1 aromatic rings. The standard InChI is InChI=1S/C20H32N4.HI/c1-21-20(24-14-17-11-7-8-12-18(17)15-24)22-13-19(23(2)3)16-9-5-4-6-10-16;/h4-6,9-10,17-19H,7-8,11-15H2,1-3H3,(H,21,22);1H. The third-order valence-corrected chi connectivity index (χ3v) is 5.75. The number of aliphatic imine (C=N–C) groups is 1. The zero-order valence-corrected chi connectivity index (χ0v) is 18.1. The minimum atomic E-state index is 0. The van der Waals surface area contributed by atoms with Crippen molar-refractivity contribution in [3.05, 3.63) is 35.9 Å². The number of likely N-dealkylation sites (N-methyl/N-ethyl adjacent to an activating group) is 1. The number of halogens is 1. The highest BCUT2D eigenvalue weighted by Gasteiger charge is 2.35. The van der Waals surface area contributed by atoms with Crippen LogP contribution in [0.25, 0.3) is 0 Å². The van der Waals surface area contributed by atoms with E-state index in [-0.39, 0.29) is 24.0 Å². The predicted octanol–water partition coefficient (Wildman–Crippen LogP) is 3.60. The first kappa shape index (κ1) is 20.5. The summed E-state index contributed by atoms with van der Waals surface area (Å²) >= 11 is 0. The fourth-order valence-corrected chi connectivity index (χ4v) is 4.37. The summed E-state index contributed by atoms with van der Waals surface area (Å²) in [5, 5.41) is 3.64. The first-order valence-corrected chi connectivity index (χ1v) is 9.36. The first-order chi connectivity index (χ1) is 11.7. The fraction of sp³-hybridized carbons (Fsp3) is 0.650.